The molecular formula is C8H10N4O2. The fourth-order valence-corrected chi connectivity index (χ4v) is 1.20. The Balaban J connectivity index is 2.09. The van der Waals surface area contributed by atoms with Crippen LogP contribution in [0.2, 0.25) is 0 Å². The first-order valence-electron chi connectivity index (χ1n) is 4.20. The molecule has 0 aliphatic carbocycles. The van der Waals surface area contributed by atoms with Crippen molar-refractivity contribution in [1.29, 1.82) is 0 Å². The highest BCUT2D eigenvalue weighted by Gasteiger charge is 2.26. The number of amides is 1. The fourth-order valence-electron chi connectivity index (χ4n) is 1.20. The highest BCUT2D eigenvalue weighted by molar-refractivity contribution is 6.11. The third-order valence-electron chi connectivity index (χ3n) is 1.95. The summed E-state index contributed by atoms with van der Waals surface area (Å²) in [6.45, 7) is 1.80. The number of nitrogens with two attached hydrogens (primary N) is 1. The number of nitrogens with zero attached hydrogens (tertiary/aromatic N) is 2. The van der Waals surface area contributed by atoms with E-state index >= 15 is 0 Å². The van der Waals surface area contributed by atoms with Crippen LogP contribution in [0.15, 0.2) is 15.7 Å². The van der Waals surface area contributed by atoms with E-state index in [2.05, 4.69) is 15.5 Å². The standard InChI is InChI=1S/C8H10N4O2/c1-4-3-10-6(14-4)2-5-7(9)8(13)12-11-5/h3,7H,2,9H2,1H3,(H,12,13). The maximum Gasteiger partial charge on any atom is 0.262 e. The van der Waals surface area contributed by atoms with Crippen molar-refractivity contribution in [2.45, 2.75) is 19.4 Å². The van der Waals surface area contributed by atoms with Gasteiger partial charge in [0, 0.05) is 0 Å². The van der Waals surface area contributed by atoms with Crippen LogP contribution in [0, 0.1) is 6.92 Å². The normalized spacial score (nSPS) is 20.9. The molecule has 14 heavy (non-hydrogen) atoms. The number of carbonyl (C=O) groups excluding carboxylic acids is 1. The maximum absolute atomic E-state index is 11.0. The van der Waals surface area contributed by atoms with Crippen LogP contribution in [0.25, 0.3) is 0 Å². The van der Waals surface area contributed by atoms with Gasteiger partial charge in [0.2, 0.25) is 0 Å². The molecule has 0 saturated carbocycles. The number of nitrogens with one attached hydrogen (secondary N) is 1. The molecule has 1 aliphatic rings. The minimum absolute atomic E-state index is 0.289. The lowest BCUT2D eigenvalue weighted by atomic mass is 10.1. The molecule has 2 heterocycles. The van der Waals surface area contributed by atoms with Gasteiger partial charge >= 0.3 is 0 Å². The second kappa shape index (κ2) is 3.22. The van der Waals surface area contributed by atoms with Gasteiger partial charge in [0.1, 0.15) is 11.8 Å². The van der Waals surface area contributed by atoms with E-state index in [9.17, 15) is 4.79 Å². The summed E-state index contributed by atoms with van der Waals surface area (Å²) in [4.78, 5) is 15.0. The van der Waals surface area contributed by atoms with Gasteiger partial charge in [-0.05, 0) is 6.92 Å². The average molecular weight is 194 g/mol. The van der Waals surface area contributed by atoms with E-state index in [0.717, 1.165) is 5.76 Å². The van der Waals surface area contributed by atoms with Crippen molar-refractivity contribution >= 4 is 11.6 Å². The van der Waals surface area contributed by atoms with Crippen molar-refractivity contribution in [3.63, 3.8) is 0 Å². The van der Waals surface area contributed by atoms with Crippen molar-refractivity contribution in [3.8, 4) is 0 Å². The summed E-state index contributed by atoms with van der Waals surface area (Å²) in [5.41, 5.74) is 8.42. The predicted octanol–water partition coefficient (Wildman–Crippen LogP) is -0.661. The van der Waals surface area contributed by atoms with Crippen molar-refractivity contribution in [3.05, 3.63) is 17.8 Å². The molecule has 1 atom stereocenters. The van der Waals surface area contributed by atoms with Crippen LogP contribution in [-0.4, -0.2) is 22.6 Å². The molecular weight excluding hydrogens is 184 g/mol. The molecule has 6 nitrogen and oxygen atoms in total. The first kappa shape index (κ1) is 8.89. The Morgan fingerprint density at radius 3 is 3.00 bits per heavy atom. The monoisotopic (exact) mass is 194 g/mol. The molecule has 0 aromatic carbocycles. The molecule has 1 amide bonds. The molecule has 1 aliphatic heterocycles. The van der Waals surface area contributed by atoms with Crippen LogP contribution in [-0.2, 0) is 11.2 Å². The van der Waals surface area contributed by atoms with E-state index in [1.54, 1.807) is 13.1 Å². The summed E-state index contributed by atoms with van der Waals surface area (Å²) >= 11 is 0. The third kappa shape index (κ3) is 1.51. The quantitative estimate of drug-likeness (QED) is 0.653. The number of hydrogen-bond donors (Lipinski definition) is 2. The number of carbonyl (C=O) groups is 1. The van der Waals surface area contributed by atoms with Gasteiger partial charge < -0.3 is 10.2 Å². The van der Waals surface area contributed by atoms with Gasteiger partial charge in [0.25, 0.3) is 5.91 Å². The van der Waals surface area contributed by atoms with Gasteiger partial charge in [-0.2, -0.15) is 5.10 Å². The van der Waals surface area contributed by atoms with Gasteiger partial charge in [0.05, 0.1) is 18.3 Å². The van der Waals surface area contributed by atoms with Crippen LogP contribution in [0.4, 0.5) is 0 Å². The van der Waals surface area contributed by atoms with E-state index in [1.165, 1.54) is 0 Å². The van der Waals surface area contributed by atoms with Crippen LogP contribution in [0.3, 0.4) is 0 Å². The number of hydrazone groups is 1. The maximum atomic E-state index is 11.0. The lowest BCUT2D eigenvalue weighted by molar-refractivity contribution is -0.120. The number of rotatable bonds is 2. The van der Waals surface area contributed by atoms with E-state index in [0.29, 0.717) is 18.0 Å². The molecule has 0 fully saturated rings. The number of oxazole rings is 1. The number of hydrogen-bond acceptors (Lipinski definition) is 5. The Hall–Kier alpha value is -1.69. The Labute approximate surface area is 80.2 Å². The summed E-state index contributed by atoms with van der Waals surface area (Å²) in [6.07, 6.45) is 1.99. The molecule has 74 valence electrons. The Kier molecular flexibility index (Phi) is 2.05. The van der Waals surface area contributed by atoms with E-state index in [1.807, 2.05) is 0 Å². The summed E-state index contributed by atoms with van der Waals surface area (Å²) < 4.78 is 5.24. The zero-order chi connectivity index (χ0) is 10.1. The summed E-state index contributed by atoms with van der Waals surface area (Å²) in [5.74, 6) is 0.961. The third-order valence-corrected chi connectivity index (χ3v) is 1.95. The Morgan fingerprint density at radius 1 is 1.71 bits per heavy atom. The Morgan fingerprint density at radius 2 is 2.50 bits per heavy atom. The second-order valence-corrected chi connectivity index (χ2v) is 3.10. The van der Waals surface area contributed by atoms with Crippen LogP contribution >= 0.6 is 0 Å². The highest BCUT2D eigenvalue weighted by atomic mass is 16.4. The topological polar surface area (TPSA) is 93.5 Å². The highest BCUT2D eigenvalue weighted by Crippen LogP contribution is 2.06. The smallest absolute Gasteiger partial charge is 0.262 e. The zero-order valence-electron chi connectivity index (χ0n) is 7.65. The molecule has 0 radical (unpaired) electrons. The van der Waals surface area contributed by atoms with E-state index in [4.69, 9.17) is 10.2 Å². The second-order valence-electron chi connectivity index (χ2n) is 3.10. The molecule has 0 bridgehead atoms. The lowest BCUT2D eigenvalue weighted by Gasteiger charge is -2.00. The minimum atomic E-state index is -0.679. The minimum Gasteiger partial charge on any atom is -0.446 e. The molecule has 3 N–H and O–H groups in total. The molecule has 1 unspecified atom stereocenters. The van der Waals surface area contributed by atoms with E-state index in [-0.39, 0.29) is 5.91 Å². The van der Waals surface area contributed by atoms with Gasteiger partial charge in [-0.3, -0.25) is 4.79 Å². The van der Waals surface area contributed by atoms with E-state index < -0.39 is 6.04 Å². The summed E-state index contributed by atoms with van der Waals surface area (Å²) in [6, 6.07) is -0.679. The SMILES string of the molecule is Cc1cnc(CC2=NNC(=O)C2N)o1. The summed E-state index contributed by atoms with van der Waals surface area (Å²) in [7, 11) is 0. The zero-order valence-corrected chi connectivity index (χ0v) is 7.65. The molecule has 0 saturated heterocycles. The number of aromatic nitrogens is 1. The van der Waals surface area contributed by atoms with Crippen molar-refractivity contribution in [1.82, 2.24) is 10.4 Å². The fraction of sp³-hybridized carbons (Fsp3) is 0.375. The first-order valence-corrected chi connectivity index (χ1v) is 4.20. The first-order chi connectivity index (χ1) is 6.66. The molecule has 2 rings (SSSR count). The predicted molar refractivity (Wildman–Crippen MR) is 48.5 cm³/mol. The molecule has 1 aromatic heterocycles. The summed E-state index contributed by atoms with van der Waals surface area (Å²) in [5, 5.41) is 3.79. The van der Waals surface area contributed by atoms with Gasteiger partial charge in [0.15, 0.2) is 5.89 Å². The van der Waals surface area contributed by atoms with Gasteiger partial charge in [-0.25, -0.2) is 10.4 Å². The largest absolute Gasteiger partial charge is 0.446 e. The van der Waals surface area contributed by atoms with Crippen LogP contribution in [0.5, 0.6) is 0 Å². The van der Waals surface area contributed by atoms with Gasteiger partial charge in [-0.1, -0.05) is 0 Å². The average Bonchev–Trinajstić information content (AvgIpc) is 2.67. The van der Waals surface area contributed by atoms with Crippen molar-refractivity contribution in [2.24, 2.45) is 10.8 Å². The van der Waals surface area contributed by atoms with Crippen LogP contribution < -0.4 is 11.2 Å². The lowest BCUT2D eigenvalue weighted by Crippen LogP contribution is -2.38. The number of aryl methyl sites for hydroxylation is 1. The van der Waals surface area contributed by atoms with Crippen LogP contribution in [0.1, 0.15) is 11.7 Å². The molecule has 1 aromatic rings. The molecule has 6 heteroatoms. The Bertz CT molecular complexity index is 396. The van der Waals surface area contributed by atoms with Crippen molar-refractivity contribution in [2.75, 3.05) is 0 Å². The van der Waals surface area contributed by atoms with Crippen molar-refractivity contribution < 1.29 is 9.21 Å². The molecule has 0 spiro atoms. The van der Waals surface area contributed by atoms with Gasteiger partial charge in [-0.15, -0.1) is 0 Å².